The summed E-state index contributed by atoms with van der Waals surface area (Å²) in [7, 11) is 0. The third kappa shape index (κ3) is 4.59. The number of anilines is 1. The van der Waals surface area contributed by atoms with Crippen LogP contribution >= 0.6 is 35.6 Å². The van der Waals surface area contributed by atoms with Crippen LogP contribution in [0.3, 0.4) is 0 Å². The fourth-order valence-corrected chi connectivity index (χ4v) is 4.46. The van der Waals surface area contributed by atoms with Crippen LogP contribution in [0.4, 0.5) is 5.69 Å². The first kappa shape index (κ1) is 20.7. The Morgan fingerprint density at radius 3 is 2.43 bits per heavy atom. The zero-order chi connectivity index (χ0) is 21.1. The van der Waals surface area contributed by atoms with Crippen molar-refractivity contribution in [3.8, 4) is 5.75 Å². The minimum Gasteiger partial charge on any atom is -0.489 e. The van der Waals surface area contributed by atoms with Gasteiger partial charge in [0.2, 0.25) is 0 Å². The van der Waals surface area contributed by atoms with Gasteiger partial charge in [-0.1, -0.05) is 83.6 Å². The lowest BCUT2D eigenvalue weighted by Gasteiger charge is -2.14. The van der Waals surface area contributed by atoms with E-state index in [1.54, 1.807) is 4.90 Å². The summed E-state index contributed by atoms with van der Waals surface area (Å²) in [6.07, 6.45) is 1.85. The Morgan fingerprint density at radius 1 is 1.03 bits per heavy atom. The molecular formula is C24H18ClNO2S2. The molecular weight excluding hydrogens is 434 g/mol. The van der Waals surface area contributed by atoms with Crippen molar-refractivity contribution in [3.63, 3.8) is 0 Å². The highest BCUT2D eigenvalue weighted by molar-refractivity contribution is 8.27. The summed E-state index contributed by atoms with van der Waals surface area (Å²) in [6, 6.07) is 23.0. The highest BCUT2D eigenvalue weighted by Gasteiger charge is 2.33. The quantitative estimate of drug-likeness (QED) is 0.321. The first-order chi connectivity index (χ1) is 14.5. The summed E-state index contributed by atoms with van der Waals surface area (Å²) >= 11 is 12.9. The molecule has 3 aromatic rings. The van der Waals surface area contributed by atoms with Gasteiger partial charge < -0.3 is 4.74 Å². The van der Waals surface area contributed by atoms with Crippen LogP contribution in [0.5, 0.6) is 5.75 Å². The van der Waals surface area contributed by atoms with Gasteiger partial charge >= 0.3 is 0 Å². The van der Waals surface area contributed by atoms with Crippen LogP contribution in [-0.2, 0) is 11.4 Å². The minimum absolute atomic E-state index is 0.104. The number of benzene rings is 3. The van der Waals surface area contributed by atoms with Gasteiger partial charge in [0.25, 0.3) is 5.91 Å². The number of thioether (sulfide) groups is 1. The number of aryl methyl sites for hydroxylation is 1. The molecule has 0 unspecified atom stereocenters. The second-order valence-electron chi connectivity index (χ2n) is 6.80. The fourth-order valence-electron chi connectivity index (χ4n) is 2.97. The first-order valence-electron chi connectivity index (χ1n) is 9.32. The second-order valence-corrected chi connectivity index (χ2v) is 8.88. The van der Waals surface area contributed by atoms with Gasteiger partial charge in [-0.3, -0.25) is 9.69 Å². The molecule has 0 atom stereocenters. The molecule has 0 bridgehead atoms. The van der Waals surface area contributed by atoms with Crippen molar-refractivity contribution in [2.75, 3.05) is 4.90 Å². The number of carbonyl (C=O) groups excluding carboxylic acids is 1. The molecule has 1 amide bonds. The Hall–Kier alpha value is -2.60. The Balaban J connectivity index is 1.46. The number of ether oxygens (including phenoxy) is 1. The molecule has 0 aromatic heterocycles. The molecule has 1 aliphatic rings. The van der Waals surface area contributed by atoms with Gasteiger partial charge in [-0.25, -0.2) is 0 Å². The average molecular weight is 452 g/mol. The highest BCUT2D eigenvalue weighted by Crippen LogP contribution is 2.36. The number of hydrogen-bond donors (Lipinski definition) is 0. The van der Waals surface area contributed by atoms with Crippen molar-refractivity contribution >= 4 is 57.6 Å². The van der Waals surface area contributed by atoms with Crippen LogP contribution < -0.4 is 9.64 Å². The zero-order valence-electron chi connectivity index (χ0n) is 16.2. The molecule has 150 valence electrons. The molecule has 1 aliphatic heterocycles. The van der Waals surface area contributed by atoms with E-state index in [-0.39, 0.29) is 5.91 Å². The molecule has 1 fully saturated rings. The minimum atomic E-state index is -0.104. The predicted octanol–water partition coefficient (Wildman–Crippen LogP) is 6.63. The van der Waals surface area contributed by atoms with Crippen molar-refractivity contribution in [3.05, 3.63) is 99.4 Å². The number of halogens is 1. The lowest BCUT2D eigenvalue weighted by Crippen LogP contribution is -2.27. The molecule has 3 nitrogen and oxygen atoms in total. The Kier molecular flexibility index (Phi) is 6.23. The second kappa shape index (κ2) is 9.04. The molecule has 30 heavy (non-hydrogen) atoms. The van der Waals surface area contributed by atoms with Gasteiger partial charge in [0.15, 0.2) is 4.32 Å². The molecule has 1 saturated heterocycles. The number of hydrogen-bond acceptors (Lipinski definition) is 4. The predicted molar refractivity (Wildman–Crippen MR) is 129 cm³/mol. The summed E-state index contributed by atoms with van der Waals surface area (Å²) in [5.74, 6) is 0.632. The van der Waals surface area contributed by atoms with E-state index >= 15 is 0 Å². The summed E-state index contributed by atoms with van der Waals surface area (Å²) in [6.45, 7) is 2.41. The lowest BCUT2D eigenvalue weighted by atomic mass is 10.2. The van der Waals surface area contributed by atoms with E-state index < -0.39 is 0 Å². The number of nitrogens with zero attached hydrogens (tertiary/aromatic N) is 1. The van der Waals surface area contributed by atoms with E-state index in [0.717, 1.165) is 28.1 Å². The van der Waals surface area contributed by atoms with Gasteiger partial charge in [-0.05, 0) is 48.9 Å². The molecule has 0 saturated carbocycles. The SMILES string of the molecule is Cc1ccc(N2C(=O)/C(=C/c3ccc(OCc4ccccc4Cl)cc3)SC2=S)cc1. The third-order valence-electron chi connectivity index (χ3n) is 4.62. The van der Waals surface area contributed by atoms with Crippen LogP contribution in [0.1, 0.15) is 16.7 Å². The van der Waals surface area contributed by atoms with E-state index in [2.05, 4.69) is 0 Å². The molecule has 6 heteroatoms. The van der Waals surface area contributed by atoms with Crippen molar-refractivity contribution < 1.29 is 9.53 Å². The molecule has 0 radical (unpaired) electrons. The van der Waals surface area contributed by atoms with Gasteiger partial charge in [0.1, 0.15) is 12.4 Å². The summed E-state index contributed by atoms with van der Waals surface area (Å²) in [4.78, 5) is 15.1. The average Bonchev–Trinajstić information content (AvgIpc) is 3.02. The third-order valence-corrected chi connectivity index (χ3v) is 6.29. The Morgan fingerprint density at radius 2 is 1.73 bits per heavy atom. The number of amides is 1. The molecule has 1 heterocycles. The summed E-state index contributed by atoms with van der Waals surface area (Å²) < 4.78 is 6.35. The van der Waals surface area contributed by atoms with Gasteiger partial charge in [0, 0.05) is 10.6 Å². The molecule has 0 aliphatic carbocycles. The largest absolute Gasteiger partial charge is 0.489 e. The maximum Gasteiger partial charge on any atom is 0.270 e. The Bertz CT molecular complexity index is 1120. The molecule has 3 aromatic carbocycles. The standard InChI is InChI=1S/C24H18ClNO2S2/c1-16-6-10-19(11-7-16)26-23(27)22(30-24(26)29)14-17-8-12-20(13-9-17)28-15-18-4-2-3-5-21(18)25/h2-14H,15H2,1H3/b22-14-. The van der Waals surface area contributed by atoms with Crippen molar-refractivity contribution in [1.82, 2.24) is 0 Å². The maximum atomic E-state index is 12.9. The summed E-state index contributed by atoms with van der Waals surface area (Å²) in [5, 5.41) is 0.685. The van der Waals surface area contributed by atoms with Gasteiger partial charge in [-0.2, -0.15) is 0 Å². The Labute approximate surface area is 190 Å². The molecule has 4 rings (SSSR count). The number of thiocarbonyl (C=S) groups is 1. The topological polar surface area (TPSA) is 29.5 Å². The van der Waals surface area contributed by atoms with E-state index in [1.165, 1.54) is 11.8 Å². The smallest absolute Gasteiger partial charge is 0.270 e. The van der Waals surface area contributed by atoms with Crippen LogP contribution in [0, 0.1) is 6.92 Å². The highest BCUT2D eigenvalue weighted by atomic mass is 35.5. The summed E-state index contributed by atoms with van der Waals surface area (Å²) in [5.41, 5.74) is 3.76. The van der Waals surface area contributed by atoms with E-state index in [0.29, 0.717) is 20.9 Å². The number of rotatable bonds is 5. The zero-order valence-corrected chi connectivity index (χ0v) is 18.6. The van der Waals surface area contributed by atoms with E-state index in [1.807, 2.05) is 85.8 Å². The van der Waals surface area contributed by atoms with E-state index in [4.69, 9.17) is 28.6 Å². The normalized spacial score (nSPS) is 15.1. The molecule has 0 spiro atoms. The van der Waals surface area contributed by atoms with Gasteiger partial charge in [-0.15, -0.1) is 0 Å². The lowest BCUT2D eigenvalue weighted by molar-refractivity contribution is -0.113. The maximum absolute atomic E-state index is 12.9. The van der Waals surface area contributed by atoms with E-state index in [9.17, 15) is 4.79 Å². The number of carbonyl (C=O) groups is 1. The van der Waals surface area contributed by atoms with Crippen LogP contribution in [0.25, 0.3) is 6.08 Å². The first-order valence-corrected chi connectivity index (χ1v) is 10.9. The van der Waals surface area contributed by atoms with Gasteiger partial charge in [0.05, 0.1) is 10.6 Å². The van der Waals surface area contributed by atoms with Crippen LogP contribution in [-0.4, -0.2) is 10.2 Å². The van der Waals surface area contributed by atoms with Crippen molar-refractivity contribution in [1.29, 1.82) is 0 Å². The monoisotopic (exact) mass is 451 g/mol. The molecule has 0 N–H and O–H groups in total. The van der Waals surface area contributed by atoms with Crippen LogP contribution in [0.2, 0.25) is 5.02 Å². The van der Waals surface area contributed by atoms with Crippen molar-refractivity contribution in [2.45, 2.75) is 13.5 Å². The fraction of sp³-hybridized carbons (Fsp3) is 0.0833. The van der Waals surface area contributed by atoms with Crippen LogP contribution in [0.15, 0.2) is 77.7 Å². The van der Waals surface area contributed by atoms with Crippen molar-refractivity contribution in [2.24, 2.45) is 0 Å².